The highest BCUT2D eigenvalue weighted by Crippen LogP contribution is 2.32. The molecule has 2 rings (SSSR count). The van der Waals surface area contributed by atoms with Gasteiger partial charge in [0.15, 0.2) is 0 Å². The van der Waals surface area contributed by atoms with Crippen molar-refractivity contribution < 1.29 is 14.7 Å². The fraction of sp³-hybridized carbons (Fsp3) is 0.529. The first-order chi connectivity index (χ1) is 9.91. The van der Waals surface area contributed by atoms with E-state index in [1.165, 1.54) is 0 Å². The van der Waals surface area contributed by atoms with E-state index in [4.69, 9.17) is 0 Å². The van der Waals surface area contributed by atoms with Crippen molar-refractivity contribution in [2.75, 3.05) is 0 Å². The number of benzene rings is 1. The van der Waals surface area contributed by atoms with Crippen molar-refractivity contribution >= 4 is 11.9 Å². The molecule has 4 heteroatoms. The van der Waals surface area contributed by atoms with Crippen molar-refractivity contribution in [2.24, 2.45) is 5.92 Å². The number of carboxylic acid groups (broad SMARTS) is 1. The third-order valence-corrected chi connectivity index (χ3v) is 4.40. The van der Waals surface area contributed by atoms with Gasteiger partial charge < -0.3 is 10.4 Å². The molecule has 0 saturated heterocycles. The summed E-state index contributed by atoms with van der Waals surface area (Å²) in [5.74, 6) is -0.589. The summed E-state index contributed by atoms with van der Waals surface area (Å²) in [7, 11) is 0. The summed E-state index contributed by atoms with van der Waals surface area (Å²) in [5, 5.41) is 12.3. The van der Waals surface area contributed by atoms with Crippen LogP contribution in [0.2, 0.25) is 0 Å². The summed E-state index contributed by atoms with van der Waals surface area (Å²) in [6, 6.07) is 7.73. The van der Waals surface area contributed by atoms with Crippen LogP contribution in [0.4, 0.5) is 0 Å². The minimum Gasteiger partial charge on any atom is -0.480 e. The van der Waals surface area contributed by atoms with Crippen LogP contribution < -0.4 is 5.32 Å². The van der Waals surface area contributed by atoms with Gasteiger partial charge in [0.1, 0.15) is 5.54 Å². The molecule has 1 amide bonds. The number of rotatable bonds is 4. The molecule has 1 saturated carbocycles. The molecular formula is C17H23NO3. The fourth-order valence-corrected chi connectivity index (χ4v) is 2.85. The molecule has 0 aliphatic heterocycles. The van der Waals surface area contributed by atoms with Gasteiger partial charge in [0.2, 0.25) is 5.91 Å². The van der Waals surface area contributed by atoms with Crippen LogP contribution >= 0.6 is 0 Å². The third-order valence-electron chi connectivity index (χ3n) is 4.40. The van der Waals surface area contributed by atoms with Crippen molar-refractivity contribution in [2.45, 2.75) is 51.5 Å². The van der Waals surface area contributed by atoms with Crippen LogP contribution in [0.3, 0.4) is 0 Å². The Hall–Kier alpha value is -1.84. The molecule has 0 unspecified atom stereocenters. The first kappa shape index (κ1) is 15.5. The summed E-state index contributed by atoms with van der Waals surface area (Å²) in [6.45, 7) is 4.12. The van der Waals surface area contributed by atoms with Gasteiger partial charge in [-0.15, -0.1) is 0 Å². The number of aryl methyl sites for hydroxylation is 1. The largest absolute Gasteiger partial charge is 0.480 e. The highest BCUT2D eigenvalue weighted by atomic mass is 16.4. The van der Waals surface area contributed by atoms with Crippen LogP contribution in [-0.2, 0) is 16.0 Å². The molecule has 0 aromatic heterocycles. The molecule has 0 atom stereocenters. The zero-order valence-corrected chi connectivity index (χ0v) is 12.7. The van der Waals surface area contributed by atoms with E-state index in [2.05, 4.69) is 12.2 Å². The lowest BCUT2D eigenvalue weighted by Gasteiger charge is -2.36. The van der Waals surface area contributed by atoms with Gasteiger partial charge in [0, 0.05) is 0 Å². The zero-order valence-electron chi connectivity index (χ0n) is 12.7. The summed E-state index contributed by atoms with van der Waals surface area (Å²) in [4.78, 5) is 23.8. The van der Waals surface area contributed by atoms with E-state index in [1.54, 1.807) is 0 Å². The lowest BCUT2D eigenvalue weighted by molar-refractivity contribution is -0.149. The summed E-state index contributed by atoms with van der Waals surface area (Å²) in [6.07, 6.45) is 2.95. The minimum absolute atomic E-state index is 0.212. The molecular weight excluding hydrogens is 266 g/mol. The average Bonchev–Trinajstić information content (AvgIpc) is 2.44. The molecule has 0 heterocycles. The first-order valence-electron chi connectivity index (χ1n) is 7.51. The topological polar surface area (TPSA) is 66.4 Å². The lowest BCUT2D eigenvalue weighted by atomic mass is 9.77. The van der Waals surface area contributed by atoms with Crippen molar-refractivity contribution in [3.8, 4) is 0 Å². The second-order valence-electron chi connectivity index (χ2n) is 6.28. The molecule has 1 aromatic rings. The predicted octanol–water partition coefficient (Wildman–Crippen LogP) is 2.69. The molecule has 1 aromatic carbocycles. The maximum absolute atomic E-state index is 12.2. The Morgan fingerprint density at radius 3 is 2.33 bits per heavy atom. The summed E-state index contributed by atoms with van der Waals surface area (Å²) < 4.78 is 0. The van der Waals surface area contributed by atoms with Crippen LogP contribution in [0.15, 0.2) is 24.3 Å². The highest BCUT2D eigenvalue weighted by Gasteiger charge is 2.42. The van der Waals surface area contributed by atoms with Crippen molar-refractivity contribution in [1.82, 2.24) is 5.32 Å². The van der Waals surface area contributed by atoms with E-state index < -0.39 is 11.5 Å². The number of carbonyl (C=O) groups is 2. The fourth-order valence-electron chi connectivity index (χ4n) is 2.85. The smallest absolute Gasteiger partial charge is 0.329 e. The maximum Gasteiger partial charge on any atom is 0.329 e. The molecule has 0 bridgehead atoms. The van der Waals surface area contributed by atoms with Crippen molar-refractivity contribution in [3.63, 3.8) is 0 Å². The Morgan fingerprint density at radius 2 is 1.81 bits per heavy atom. The average molecular weight is 289 g/mol. The SMILES string of the molecule is Cc1ccc(CC(=O)NC2(C(=O)O)CCC(C)CC2)cc1. The summed E-state index contributed by atoms with van der Waals surface area (Å²) in [5.41, 5.74) is 0.971. The summed E-state index contributed by atoms with van der Waals surface area (Å²) >= 11 is 0. The number of hydrogen-bond donors (Lipinski definition) is 2. The number of hydrogen-bond acceptors (Lipinski definition) is 2. The Bertz CT molecular complexity index is 513. The normalized spacial score (nSPS) is 25.3. The van der Waals surface area contributed by atoms with Crippen LogP contribution in [0.5, 0.6) is 0 Å². The maximum atomic E-state index is 12.2. The standard InChI is InChI=1S/C17H23NO3/c1-12-3-5-14(6-4-12)11-15(19)18-17(16(20)21)9-7-13(2)8-10-17/h3-6,13H,7-11H2,1-2H3,(H,18,19)(H,20,21). The van der Waals surface area contributed by atoms with E-state index in [-0.39, 0.29) is 12.3 Å². The molecule has 114 valence electrons. The second-order valence-corrected chi connectivity index (χ2v) is 6.28. The van der Waals surface area contributed by atoms with Crippen LogP contribution in [0, 0.1) is 12.8 Å². The van der Waals surface area contributed by atoms with Crippen LogP contribution in [0.25, 0.3) is 0 Å². The quantitative estimate of drug-likeness (QED) is 0.895. The molecule has 21 heavy (non-hydrogen) atoms. The number of aliphatic carboxylic acids is 1. The van der Waals surface area contributed by atoms with Gasteiger partial charge in [-0.05, 0) is 44.1 Å². The Kier molecular flexibility index (Phi) is 4.66. The Balaban J connectivity index is 2.02. The van der Waals surface area contributed by atoms with Gasteiger partial charge >= 0.3 is 5.97 Å². The molecule has 0 spiro atoms. The van der Waals surface area contributed by atoms with Gasteiger partial charge in [-0.3, -0.25) is 4.79 Å². The highest BCUT2D eigenvalue weighted by molar-refractivity contribution is 5.88. The van der Waals surface area contributed by atoms with Crippen LogP contribution in [0.1, 0.15) is 43.7 Å². The number of nitrogens with one attached hydrogen (secondary N) is 1. The van der Waals surface area contributed by atoms with Gasteiger partial charge in [0.05, 0.1) is 6.42 Å². The number of carbonyl (C=O) groups excluding carboxylic acids is 1. The van der Waals surface area contributed by atoms with E-state index in [9.17, 15) is 14.7 Å². The molecule has 2 N–H and O–H groups in total. The third kappa shape index (κ3) is 3.84. The second kappa shape index (κ2) is 6.29. The Morgan fingerprint density at radius 1 is 1.24 bits per heavy atom. The lowest BCUT2D eigenvalue weighted by Crippen LogP contribution is -2.56. The minimum atomic E-state index is -1.08. The van der Waals surface area contributed by atoms with E-state index in [1.807, 2.05) is 31.2 Å². The van der Waals surface area contributed by atoms with Gasteiger partial charge in [-0.2, -0.15) is 0 Å². The van der Waals surface area contributed by atoms with E-state index in [0.29, 0.717) is 18.8 Å². The van der Waals surface area contributed by atoms with E-state index in [0.717, 1.165) is 24.0 Å². The Labute approximate surface area is 125 Å². The van der Waals surface area contributed by atoms with Crippen molar-refractivity contribution in [3.05, 3.63) is 35.4 Å². The number of amides is 1. The molecule has 4 nitrogen and oxygen atoms in total. The van der Waals surface area contributed by atoms with Crippen LogP contribution in [-0.4, -0.2) is 22.5 Å². The molecule has 1 fully saturated rings. The zero-order chi connectivity index (χ0) is 15.5. The van der Waals surface area contributed by atoms with Gasteiger partial charge in [-0.25, -0.2) is 4.79 Å². The monoisotopic (exact) mass is 289 g/mol. The molecule has 1 aliphatic carbocycles. The predicted molar refractivity (Wildman–Crippen MR) is 81.0 cm³/mol. The molecule has 1 aliphatic rings. The van der Waals surface area contributed by atoms with Gasteiger partial charge in [-0.1, -0.05) is 36.8 Å². The van der Waals surface area contributed by atoms with E-state index >= 15 is 0 Å². The first-order valence-corrected chi connectivity index (χ1v) is 7.51. The van der Waals surface area contributed by atoms with Gasteiger partial charge in [0.25, 0.3) is 0 Å². The van der Waals surface area contributed by atoms with Crippen molar-refractivity contribution in [1.29, 1.82) is 0 Å². The molecule has 0 radical (unpaired) electrons. The number of carboxylic acids is 1.